The molecule has 2 aromatic heterocycles. The Morgan fingerprint density at radius 1 is 1.27 bits per heavy atom. The first-order valence-electron chi connectivity index (χ1n) is 9.01. The normalized spacial score (nSPS) is 15.9. The highest BCUT2D eigenvalue weighted by molar-refractivity contribution is 7.13. The summed E-state index contributed by atoms with van der Waals surface area (Å²) in [6.45, 7) is 0. The fraction of sp³-hybridized carbons (Fsp3) is 0.350. The summed E-state index contributed by atoms with van der Waals surface area (Å²) in [6.07, 6.45) is 8.49. The fourth-order valence-electron chi connectivity index (χ4n) is 3.68. The predicted octanol–water partition coefficient (Wildman–Crippen LogP) is 4.20. The molecule has 1 saturated carbocycles. The standard InChI is InChI=1S/C20H22N4OS/c1-24-12-16(11-21-24)20-22-17(13-26-20)19(25)23-18(15-9-5-6-10-15)14-7-3-2-4-8-14/h2-4,7-8,11-13,15,18H,5-6,9-10H2,1H3,(H,23,25). The number of nitrogens with zero attached hydrogens (tertiary/aromatic N) is 3. The molecule has 26 heavy (non-hydrogen) atoms. The van der Waals surface area contributed by atoms with E-state index in [0.717, 1.165) is 23.4 Å². The van der Waals surface area contributed by atoms with Crippen LogP contribution in [-0.2, 0) is 7.05 Å². The van der Waals surface area contributed by atoms with Gasteiger partial charge >= 0.3 is 0 Å². The monoisotopic (exact) mass is 366 g/mol. The Kier molecular flexibility index (Phi) is 4.84. The molecule has 0 radical (unpaired) electrons. The summed E-state index contributed by atoms with van der Waals surface area (Å²) in [5.74, 6) is 0.398. The van der Waals surface area contributed by atoms with Crippen LogP contribution in [0.25, 0.3) is 10.6 Å². The zero-order valence-electron chi connectivity index (χ0n) is 14.8. The van der Waals surface area contributed by atoms with Gasteiger partial charge in [0.05, 0.1) is 12.2 Å². The van der Waals surface area contributed by atoms with Crippen molar-refractivity contribution in [2.75, 3.05) is 0 Å². The maximum Gasteiger partial charge on any atom is 0.271 e. The van der Waals surface area contributed by atoms with Gasteiger partial charge in [-0.15, -0.1) is 11.3 Å². The van der Waals surface area contributed by atoms with E-state index in [0.29, 0.717) is 11.6 Å². The molecule has 1 atom stereocenters. The first kappa shape index (κ1) is 17.0. The molecule has 1 N–H and O–H groups in total. The molecular weight excluding hydrogens is 344 g/mol. The lowest BCUT2D eigenvalue weighted by Crippen LogP contribution is -2.33. The average Bonchev–Trinajstić information content (AvgIpc) is 3.41. The number of amides is 1. The highest BCUT2D eigenvalue weighted by Crippen LogP contribution is 2.36. The molecule has 1 amide bonds. The van der Waals surface area contributed by atoms with Crippen LogP contribution in [0, 0.1) is 5.92 Å². The molecule has 1 fully saturated rings. The van der Waals surface area contributed by atoms with Gasteiger partial charge in [0.15, 0.2) is 0 Å². The van der Waals surface area contributed by atoms with Crippen molar-refractivity contribution in [1.82, 2.24) is 20.1 Å². The van der Waals surface area contributed by atoms with Crippen LogP contribution in [0.1, 0.15) is 47.8 Å². The molecule has 0 saturated heterocycles. The summed E-state index contributed by atoms with van der Waals surface area (Å²) in [4.78, 5) is 17.4. The summed E-state index contributed by atoms with van der Waals surface area (Å²) in [6, 6.07) is 10.3. The largest absolute Gasteiger partial charge is 0.344 e. The van der Waals surface area contributed by atoms with Crippen LogP contribution in [-0.4, -0.2) is 20.7 Å². The Labute approximate surface area is 157 Å². The van der Waals surface area contributed by atoms with Gasteiger partial charge in [-0.25, -0.2) is 4.98 Å². The van der Waals surface area contributed by atoms with Gasteiger partial charge in [0, 0.05) is 24.2 Å². The van der Waals surface area contributed by atoms with Gasteiger partial charge in [0.1, 0.15) is 10.7 Å². The van der Waals surface area contributed by atoms with Gasteiger partial charge in [-0.1, -0.05) is 43.2 Å². The molecule has 0 aliphatic heterocycles. The number of nitrogens with one attached hydrogen (secondary N) is 1. The Hall–Kier alpha value is -2.47. The van der Waals surface area contributed by atoms with Crippen molar-refractivity contribution in [1.29, 1.82) is 0 Å². The second-order valence-corrected chi connectivity index (χ2v) is 7.71. The molecule has 3 aromatic rings. The number of benzene rings is 1. The van der Waals surface area contributed by atoms with E-state index in [4.69, 9.17) is 0 Å². The number of hydrogen-bond acceptors (Lipinski definition) is 4. The zero-order chi connectivity index (χ0) is 17.9. The van der Waals surface area contributed by atoms with Crippen molar-refractivity contribution in [3.63, 3.8) is 0 Å². The molecular formula is C20H22N4OS. The highest BCUT2D eigenvalue weighted by Gasteiger charge is 2.28. The third kappa shape index (κ3) is 3.55. The smallest absolute Gasteiger partial charge is 0.271 e. The van der Waals surface area contributed by atoms with Crippen molar-refractivity contribution >= 4 is 17.2 Å². The minimum atomic E-state index is -0.0999. The van der Waals surface area contributed by atoms with Crippen LogP contribution < -0.4 is 5.32 Å². The zero-order valence-corrected chi connectivity index (χ0v) is 15.6. The third-order valence-corrected chi connectivity index (χ3v) is 5.90. The maximum absolute atomic E-state index is 12.8. The molecule has 5 nitrogen and oxygen atoms in total. The topological polar surface area (TPSA) is 59.8 Å². The Balaban J connectivity index is 1.54. The third-order valence-electron chi connectivity index (χ3n) is 5.01. The van der Waals surface area contributed by atoms with Gasteiger partial charge in [0.2, 0.25) is 0 Å². The Morgan fingerprint density at radius 3 is 2.73 bits per heavy atom. The van der Waals surface area contributed by atoms with Crippen LogP contribution in [0.4, 0.5) is 0 Å². The number of hydrogen-bond donors (Lipinski definition) is 1. The van der Waals surface area contributed by atoms with Gasteiger partial charge < -0.3 is 5.32 Å². The van der Waals surface area contributed by atoms with Crippen molar-refractivity contribution in [3.8, 4) is 10.6 Å². The van der Waals surface area contributed by atoms with Gasteiger partial charge in [0.25, 0.3) is 5.91 Å². The number of carbonyl (C=O) groups excluding carboxylic acids is 1. The Bertz CT molecular complexity index is 880. The van der Waals surface area contributed by atoms with Crippen molar-refractivity contribution < 1.29 is 4.79 Å². The SMILES string of the molecule is Cn1cc(-c2nc(C(=O)NC(c3ccccc3)C3CCCC3)cs2)cn1. The number of thiazole rings is 1. The van der Waals surface area contributed by atoms with E-state index in [1.54, 1.807) is 10.9 Å². The summed E-state index contributed by atoms with van der Waals surface area (Å²) < 4.78 is 1.74. The van der Waals surface area contributed by atoms with Crippen LogP contribution in [0.15, 0.2) is 48.1 Å². The lowest BCUT2D eigenvalue weighted by Gasteiger charge is -2.25. The van der Waals surface area contributed by atoms with E-state index in [1.165, 1.54) is 29.7 Å². The maximum atomic E-state index is 12.8. The van der Waals surface area contributed by atoms with Crippen molar-refractivity contribution in [2.24, 2.45) is 13.0 Å². The van der Waals surface area contributed by atoms with Crippen LogP contribution in [0.5, 0.6) is 0 Å². The second kappa shape index (κ2) is 7.41. The quantitative estimate of drug-likeness (QED) is 0.736. The van der Waals surface area contributed by atoms with E-state index in [1.807, 2.05) is 36.8 Å². The molecule has 2 heterocycles. The van der Waals surface area contributed by atoms with Crippen LogP contribution in [0.3, 0.4) is 0 Å². The van der Waals surface area contributed by atoms with E-state index in [9.17, 15) is 4.79 Å². The Morgan fingerprint density at radius 2 is 2.04 bits per heavy atom. The molecule has 6 heteroatoms. The molecule has 1 unspecified atom stereocenters. The minimum Gasteiger partial charge on any atom is -0.344 e. The first-order valence-corrected chi connectivity index (χ1v) is 9.89. The number of rotatable bonds is 5. The van der Waals surface area contributed by atoms with Crippen molar-refractivity contribution in [2.45, 2.75) is 31.7 Å². The van der Waals surface area contributed by atoms with E-state index < -0.39 is 0 Å². The van der Waals surface area contributed by atoms with Gasteiger partial charge in [-0.3, -0.25) is 9.48 Å². The molecule has 1 aromatic carbocycles. The van der Waals surface area contributed by atoms with Crippen LogP contribution >= 0.6 is 11.3 Å². The highest BCUT2D eigenvalue weighted by atomic mass is 32.1. The molecule has 0 spiro atoms. The molecule has 134 valence electrons. The van der Waals surface area contributed by atoms with Gasteiger partial charge in [-0.2, -0.15) is 5.10 Å². The molecule has 0 bridgehead atoms. The lowest BCUT2D eigenvalue weighted by molar-refractivity contribution is 0.0917. The fourth-order valence-corrected chi connectivity index (χ4v) is 4.46. The van der Waals surface area contributed by atoms with Crippen LogP contribution in [0.2, 0.25) is 0 Å². The second-order valence-electron chi connectivity index (χ2n) is 6.85. The molecule has 1 aliphatic rings. The molecule has 1 aliphatic carbocycles. The van der Waals surface area contributed by atoms with Crippen molar-refractivity contribution in [3.05, 3.63) is 59.4 Å². The summed E-state index contributed by atoms with van der Waals surface area (Å²) in [5.41, 5.74) is 2.59. The number of carbonyl (C=O) groups is 1. The van der Waals surface area contributed by atoms with E-state index in [-0.39, 0.29) is 11.9 Å². The minimum absolute atomic E-state index is 0.0507. The van der Waals surface area contributed by atoms with E-state index >= 15 is 0 Å². The number of aryl methyl sites for hydroxylation is 1. The summed E-state index contributed by atoms with van der Waals surface area (Å²) in [7, 11) is 1.87. The first-order chi connectivity index (χ1) is 12.7. The number of aromatic nitrogens is 3. The summed E-state index contributed by atoms with van der Waals surface area (Å²) >= 11 is 1.47. The van der Waals surface area contributed by atoms with Gasteiger partial charge in [-0.05, 0) is 24.3 Å². The van der Waals surface area contributed by atoms with E-state index in [2.05, 4.69) is 27.5 Å². The predicted molar refractivity (Wildman–Crippen MR) is 103 cm³/mol. The lowest BCUT2D eigenvalue weighted by atomic mass is 9.91. The average molecular weight is 366 g/mol. The molecule has 4 rings (SSSR count). The summed E-state index contributed by atoms with van der Waals surface area (Å²) in [5, 5.41) is 10.1.